The van der Waals surface area contributed by atoms with E-state index in [0.29, 0.717) is 0 Å². The Morgan fingerprint density at radius 3 is 1.24 bits per heavy atom. The molecule has 0 aliphatic heterocycles. The van der Waals surface area contributed by atoms with Crippen molar-refractivity contribution in [3.63, 3.8) is 0 Å². The van der Waals surface area contributed by atoms with Crippen LogP contribution in [0.15, 0.2) is 48.5 Å². The molecule has 50 heavy (non-hydrogen) atoms. The molecule has 2 unspecified atom stereocenters. The minimum atomic E-state index is -2.33. The van der Waals surface area contributed by atoms with Crippen molar-refractivity contribution in [2.24, 2.45) is 11.8 Å². The third-order valence-electron chi connectivity index (χ3n) is 10.8. The summed E-state index contributed by atoms with van der Waals surface area (Å²) in [6, 6.07) is 20.4. The van der Waals surface area contributed by atoms with Crippen LogP contribution >= 0.6 is 45.3 Å². The van der Waals surface area contributed by atoms with Crippen molar-refractivity contribution in [1.29, 1.82) is 0 Å². The van der Waals surface area contributed by atoms with Crippen LogP contribution in [0.4, 0.5) is 0 Å². The quantitative estimate of drug-likeness (QED) is 0.0848. The van der Waals surface area contributed by atoms with Gasteiger partial charge in [-0.15, -0.1) is 0 Å². The van der Waals surface area contributed by atoms with Crippen molar-refractivity contribution in [1.82, 2.24) is 0 Å². The molecule has 0 amide bonds. The minimum absolute atomic E-state index is 0.800. The van der Waals surface area contributed by atoms with Gasteiger partial charge in [0, 0.05) is 0 Å². The van der Waals surface area contributed by atoms with Gasteiger partial charge < -0.3 is 0 Å². The molecule has 4 heterocycles. The fraction of sp³-hybridized carbons (Fsp3) is 0.500. The summed E-state index contributed by atoms with van der Waals surface area (Å²) in [6.45, 7) is 9.43. The summed E-state index contributed by atoms with van der Waals surface area (Å²) in [6.07, 6.45) is 13.0. The topological polar surface area (TPSA) is 0 Å². The van der Waals surface area contributed by atoms with E-state index >= 15 is 0 Å². The Labute approximate surface area is 327 Å². The van der Waals surface area contributed by atoms with Crippen LogP contribution in [0.5, 0.6) is 0 Å². The van der Waals surface area contributed by atoms with E-state index in [0.717, 1.165) is 11.8 Å². The molecule has 0 fully saturated rings. The van der Waals surface area contributed by atoms with Crippen LogP contribution in [0.3, 0.4) is 0 Å². The average molecular weight is 955 g/mol. The Balaban J connectivity index is 1.55. The Hall–Kier alpha value is -0.383. The molecule has 0 spiro atoms. The van der Waals surface area contributed by atoms with Gasteiger partial charge in [-0.05, 0) is 0 Å². The molecule has 0 N–H and O–H groups in total. The van der Waals surface area contributed by atoms with Crippen LogP contribution in [0, 0.1) is 11.8 Å². The molecule has 0 nitrogen and oxygen atoms in total. The van der Waals surface area contributed by atoms with Crippen molar-refractivity contribution in [3.05, 3.63) is 58.3 Å². The molecule has 0 bridgehead atoms. The van der Waals surface area contributed by atoms with Gasteiger partial charge in [0.25, 0.3) is 0 Å². The monoisotopic (exact) mass is 956 g/mol. The second-order valence-corrected chi connectivity index (χ2v) is 52.2. The summed E-state index contributed by atoms with van der Waals surface area (Å²) in [7, 11) is 0. The average Bonchev–Trinajstić information content (AvgIpc) is 3.89. The van der Waals surface area contributed by atoms with Crippen molar-refractivity contribution in [3.8, 4) is 20.9 Å². The van der Waals surface area contributed by atoms with Crippen LogP contribution in [0.1, 0.15) is 88.8 Å². The van der Waals surface area contributed by atoms with Crippen LogP contribution < -0.4 is 5.79 Å². The molecule has 2 atom stereocenters. The van der Waals surface area contributed by atoms with Gasteiger partial charge in [-0.1, -0.05) is 13.8 Å². The molecule has 268 valence electrons. The summed E-state index contributed by atoms with van der Waals surface area (Å²) in [5.74, 6) is 1.60. The first-order valence-corrected chi connectivity index (χ1v) is 42.7. The molecule has 6 aromatic rings. The van der Waals surface area contributed by atoms with E-state index in [1.807, 2.05) is 0 Å². The summed E-state index contributed by atoms with van der Waals surface area (Å²) in [4.78, 5) is 21.6. The van der Waals surface area contributed by atoms with Gasteiger partial charge in [0.1, 0.15) is 0 Å². The number of hydrogen-bond acceptors (Lipinski definition) is 4. The molecule has 4 aromatic heterocycles. The SMILES string of the molecule is CCCCC(CC)Cc1ccc(-c2cc3c(cc(-c4ccc(CC(CC)CCCC)s4)c4c[c]([Sn]([CH3])([CH3])[CH3])sc43)c3s[c]([Sn]([CH3])([CH3])[CH3])cc23)s1. The second-order valence-electron chi connectivity index (χ2n) is 16.9. The summed E-state index contributed by atoms with van der Waals surface area (Å²) in [5, 5.41) is 5.98. The molecule has 6 rings (SSSR count). The summed E-state index contributed by atoms with van der Waals surface area (Å²) >= 11 is 3.75. The Morgan fingerprint density at radius 2 is 0.900 bits per heavy atom. The number of thiophene rings is 4. The van der Waals surface area contributed by atoms with E-state index < -0.39 is 36.8 Å². The van der Waals surface area contributed by atoms with Gasteiger partial charge in [-0.2, -0.15) is 0 Å². The summed E-state index contributed by atoms with van der Waals surface area (Å²) < 4.78 is 6.45. The predicted octanol–water partition coefficient (Wildman–Crippen LogP) is 15.3. The molecule has 0 saturated heterocycles. The van der Waals surface area contributed by atoms with Crippen LogP contribution in [-0.2, 0) is 12.8 Å². The Bertz CT molecular complexity index is 1910. The van der Waals surface area contributed by atoms with E-state index in [-0.39, 0.29) is 0 Å². The molecular formula is C44H60S4Sn2. The standard InChI is InChI=1S/C38H42S4.6CH3.2Sn/c1-5-9-11-25(7-3)21-27-13-15-35(41-27)31-23-33-34(37-29(31)17-19-39-37)24-32(30-18-20-40-38(30)33)36-16-14-28(42-36)22-26(8-4)12-10-6-2;;;;;;;;/h13-18,23-26H,5-12,21-22H2,1-4H3;6*1H3;;. The second kappa shape index (κ2) is 16.5. The Morgan fingerprint density at radius 1 is 0.500 bits per heavy atom. The van der Waals surface area contributed by atoms with Gasteiger partial charge in [-0.3, -0.25) is 0 Å². The number of rotatable bonds is 16. The van der Waals surface area contributed by atoms with Crippen LogP contribution in [0.25, 0.3) is 51.8 Å². The van der Waals surface area contributed by atoms with E-state index in [2.05, 4.69) is 151 Å². The zero-order chi connectivity index (χ0) is 35.8. The van der Waals surface area contributed by atoms with Crippen LogP contribution in [0.2, 0.25) is 29.6 Å². The zero-order valence-corrected chi connectivity index (χ0v) is 41.5. The van der Waals surface area contributed by atoms with Gasteiger partial charge >= 0.3 is 318 Å². The first-order valence-electron chi connectivity index (χ1n) is 19.5. The molecule has 2 aromatic carbocycles. The first-order chi connectivity index (χ1) is 23.8. The Kier molecular flexibility index (Phi) is 13.0. The molecule has 0 aliphatic carbocycles. The normalized spacial score (nSPS) is 14.0. The van der Waals surface area contributed by atoms with Crippen molar-refractivity contribution < 1.29 is 0 Å². The van der Waals surface area contributed by atoms with Gasteiger partial charge in [0.2, 0.25) is 0 Å². The fourth-order valence-corrected chi connectivity index (χ4v) is 22.5. The van der Waals surface area contributed by atoms with Gasteiger partial charge in [0.15, 0.2) is 0 Å². The fourth-order valence-electron chi connectivity index (χ4n) is 7.43. The number of fused-ring (bicyclic) bond motifs is 5. The zero-order valence-electron chi connectivity index (χ0n) is 32.5. The molecule has 6 heteroatoms. The van der Waals surface area contributed by atoms with E-state index in [1.54, 1.807) is 15.5 Å². The maximum atomic E-state index is 2.64. The van der Waals surface area contributed by atoms with Gasteiger partial charge in [0.05, 0.1) is 0 Å². The molecule has 0 radical (unpaired) electrons. The van der Waals surface area contributed by atoms with Gasteiger partial charge in [-0.25, -0.2) is 0 Å². The first kappa shape index (κ1) is 39.3. The third kappa shape index (κ3) is 8.61. The molecule has 0 saturated carbocycles. The van der Waals surface area contributed by atoms with Crippen molar-refractivity contribution in [2.75, 3.05) is 0 Å². The summed E-state index contributed by atoms with van der Waals surface area (Å²) in [5.41, 5.74) is 2.95. The maximum absolute atomic E-state index is 2.64. The molecule has 0 aliphatic rings. The number of unbranched alkanes of at least 4 members (excludes halogenated alkanes) is 2. The van der Waals surface area contributed by atoms with E-state index in [1.165, 1.54) is 116 Å². The molecular weight excluding hydrogens is 894 g/mol. The number of benzene rings is 2. The van der Waals surface area contributed by atoms with Crippen LogP contribution in [-0.4, -0.2) is 36.8 Å². The van der Waals surface area contributed by atoms with Crippen molar-refractivity contribution in [2.45, 2.75) is 122 Å². The van der Waals surface area contributed by atoms with Crippen molar-refractivity contribution >= 4 is 119 Å². The number of hydrogen-bond donors (Lipinski definition) is 0. The van der Waals surface area contributed by atoms with E-state index in [4.69, 9.17) is 0 Å². The van der Waals surface area contributed by atoms with E-state index in [9.17, 15) is 0 Å². The third-order valence-corrected chi connectivity index (χ3v) is 34.3. The predicted molar refractivity (Wildman–Crippen MR) is 241 cm³/mol.